The Kier molecular flexibility index (Phi) is 4.08. The lowest BCUT2D eigenvalue weighted by atomic mass is 9.91. The second-order valence-electron chi connectivity index (χ2n) is 4.97. The van der Waals surface area contributed by atoms with Crippen LogP contribution < -0.4 is 20.5 Å². The van der Waals surface area contributed by atoms with Crippen molar-refractivity contribution < 1.29 is 14.3 Å². The van der Waals surface area contributed by atoms with Crippen LogP contribution in [0.4, 0.5) is 10.9 Å². The number of ether oxygens (including phenoxy) is 2. The molecule has 0 saturated carbocycles. The van der Waals surface area contributed by atoms with E-state index in [1.807, 2.05) is 12.1 Å². The van der Waals surface area contributed by atoms with Gasteiger partial charge in [-0.15, -0.1) is 6.42 Å². The SMILES string of the molecule is C#CCOc1cc([C@H]2CC(=O)Nc3nc(N)sc32)ccc1OC. The van der Waals surface area contributed by atoms with Gasteiger partial charge in [-0.2, -0.15) is 0 Å². The number of nitrogens with two attached hydrogens (primary N) is 1. The fourth-order valence-electron chi connectivity index (χ4n) is 2.55. The first kappa shape index (κ1) is 15.2. The molecule has 3 N–H and O–H groups in total. The molecule has 23 heavy (non-hydrogen) atoms. The topological polar surface area (TPSA) is 86.5 Å². The Morgan fingerprint density at radius 1 is 1.52 bits per heavy atom. The summed E-state index contributed by atoms with van der Waals surface area (Å²) in [6, 6.07) is 5.56. The first-order valence-corrected chi connectivity index (χ1v) is 7.74. The van der Waals surface area contributed by atoms with Crippen molar-refractivity contribution in [3.05, 3.63) is 28.6 Å². The minimum atomic E-state index is -0.118. The maximum Gasteiger partial charge on any atom is 0.226 e. The van der Waals surface area contributed by atoms with E-state index in [9.17, 15) is 4.79 Å². The molecule has 7 heteroatoms. The molecular weight excluding hydrogens is 314 g/mol. The summed E-state index contributed by atoms with van der Waals surface area (Å²) in [7, 11) is 1.56. The van der Waals surface area contributed by atoms with Gasteiger partial charge in [0.05, 0.1) is 12.0 Å². The van der Waals surface area contributed by atoms with Crippen molar-refractivity contribution in [1.82, 2.24) is 4.98 Å². The minimum Gasteiger partial charge on any atom is -0.493 e. The molecule has 2 heterocycles. The van der Waals surface area contributed by atoms with E-state index in [1.165, 1.54) is 11.3 Å². The number of rotatable bonds is 4. The Morgan fingerprint density at radius 2 is 2.35 bits per heavy atom. The Bertz CT molecular complexity index is 794. The van der Waals surface area contributed by atoms with Gasteiger partial charge in [0.2, 0.25) is 5.91 Å². The Morgan fingerprint density at radius 3 is 3.09 bits per heavy atom. The molecule has 1 aliphatic rings. The molecule has 0 bridgehead atoms. The molecule has 1 aliphatic heterocycles. The van der Waals surface area contributed by atoms with Gasteiger partial charge in [0, 0.05) is 12.3 Å². The predicted molar refractivity (Wildman–Crippen MR) is 88.9 cm³/mol. The fourth-order valence-corrected chi connectivity index (χ4v) is 3.46. The molecule has 1 aromatic carbocycles. The van der Waals surface area contributed by atoms with Gasteiger partial charge in [-0.05, 0) is 17.7 Å². The summed E-state index contributed by atoms with van der Waals surface area (Å²) in [5, 5.41) is 3.18. The van der Waals surface area contributed by atoms with Crippen LogP contribution in [0.2, 0.25) is 0 Å². The summed E-state index contributed by atoms with van der Waals surface area (Å²) in [4.78, 5) is 17.0. The molecule has 1 atom stereocenters. The van der Waals surface area contributed by atoms with Crippen LogP contribution in [0, 0.1) is 12.3 Å². The number of benzene rings is 1. The number of hydrogen-bond acceptors (Lipinski definition) is 6. The van der Waals surface area contributed by atoms with E-state index in [0.717, 1.165) is 10.4 Å². The molecule has 0 aliphatic carbocycles. The smallest absolute Gasteiger partial charge is 0.226 e. The van der Waals surface area contributed by atoms with Crippen molar-refractivity contribution in [2.75, 3.05) is 24.8 Å². The lowest BCUT2D eigenvalue weighted by Crippen LogP contribution is -2.22. The Hall–Kier alpha value is -2.72. The van der Waals surface area contributed by atoms with Crippen molar-refractivity contribution in [3.63, 3.8) is 0 Å². The summed E-state index contributed by atoms with van der Waals surface area (Å²) in [6.45, 7) is 0.143. The van der Waals surface area contributed by atoms with Crippen LogP contribution in [0.1, 0.15) is 22.8 Å². The molecule has 0 spiro atoms. The van der Waals surface area contributed by atoms with Crippen molar-refractivity contribution in [2.45, 2.75) is 12.3 Å². The van der Waals surface area contributed by atoms with Gasteiger partial charge in [0.15, 0.2) is 16.6 Å². The van der Waals surface area contributed by atoms with Gasteiger partial charge < -0.3 is 20.5 Å². The third kappa shape index (κ3) is 2.94. The summed E-state index contributed by atoms with van der Waals surface area (Å²) >= 11 is 1.38. The molecule has 6 nitrogen and oxygen atoms in total. The number of amides is 1. The zero-order valence-corrected chi connectivity index (χ0v) is 13.3. The van der Waals surface area contributed by atoms with Crippen molar-refractivity contribution >= 4 is 28.2 Å². The molecule has 3 rings (SSSR count). The van der Waals surface area contributed by atoms with E-state index in [1.54, 1.807) is 13.2 Å². The van der Waals surface area contributed by atoms with E-state index in [4.69, 9.17) is 21.6 Å². The number of nitrogens with one attached hydrogen (secondary N) is 1. The van der Waals surface area contributed by atoms with Crippen molar-refractivity contribution in [1.29, 1.82) is 0 Å². The lowest BCUT2D eigenvalue weighted by molar-refractivity contribution is -0.116. The number of terminal acetylenes is 1. The number of aromatic nitrogens is 1. The zero-order valence-electron chi connectivity index (χ0n) is 12.5. The number of carbonyl (C=O) groups excluding carboxylic acids is 1. The molecular formula is C16H15N3O3S. The maximum atomic E-state index is 11.9. The molecule has 0 radical (unpaired) electrons. The second kappa shape index (κ2) is 6.18. The van der Waals surface area contributed by atoms with Crippen LogP contribution in [0.5, 0.6) is 11.5 Å². The number of hydrogen-bond donors (Lipinski definition) is 2. The number of fused-ring (bicyclic) bond motifs is 1. The van der Waals surface area contributed by atoms with Gasteiger partial charge in [-0.3, -0.25) is 4.79 Å². The van der Waals surface area contributed by atoms with Gasteiger partial charge in [0.1, 0.15) is 12.4 Å². The fraction of sp³-hybridized carbons (Fsp3) is 0.250. The third-order valence-electron chi connectivity index (χ3n) is 3.53. The number of nitrogens with zero attached hydrogens (tertiary/aromatic N) is 1. The Labute approximate surface area is 137 Å². The number of thiazole rings is 1. The maximum absolute atomic E-state index is 11.9. The van der Waals surface area contributed by atoms with Crippen molar-refractivity contribution in [2.24, 2.45) is 0 Å². The first-order valence-electron chi connectivity index (χ1n) is 6.92. The summed E-state index contributed by atoms with van der Waals surface area (Å²) in [5.74, 6) is 3.90. The number of nitrogen functional groups attached to an aromatic ring is 1. The highest BCUT2D eigenvalue weighted by Crippen LogP contribution is 2.43. The van der Waals surface area contributed by atoms with Gasteiger partial charge >= 0.3 is 0 Å². The highest BCUT2D eigenvalue weighted by atomic mass is 32.1. The van der Waals surface area contributed by atoms with E-state index in [0.29, 0.717) is 28.9 Å². The molecule has 2 aromatic rings. The normalized spacial score (nSPS) is 16.2. The highest BCUT2D eigenvalue weighted by molar-refractivity contribution is 7.16. The van der Waals surface area contributed by atoms with Crippen LogP contribution in [0.25, 0.3) is 0 Å². The minimum absolute atomic E-state index is 0.0882. The van der Waals surface area contributed by atoms with Crippen LogP contribution in [0.15, 0.2) is 18.2 Å². The molecule has 1 amide bonds. The molecule has 118 valence electrons. The van der Waals surface area contributed by atoms with E-state index in [2.05, 4.69) is 16.2 Å². The average Bonchev–Trinajstić information content (AvgIpc) is 2.91. The summed E-state index contributed by atoms with van der Waals surface area (Å²) in [5.41, 5.74) is 6.70. The number of carbonyl (C=O) groups is 1. The van der Waals surface area contributed by atoms with Crippen molar-refractivity contribution in [3.8, 4) is 23.8 Å². The summed E-state index contributed by atoms with van der Waals surface area (Å²) < 4.78 is 10.8. The van der Waals surface area contributed by atoms with Gasteiger partial charge in [-0.25, -0.2) is 4.98 Å². The number of anilines is 2. The van der Waals surface area contributed by atoms with Crippen LogP contribution in [-0.4, -0.2) is 24.6 Å². The van der Waals surface area contributed by atoms with Crippen LogP contribution in [-0.2, 0) is 4.79 Å². The van der Waals surface area contributed by atoms with E-state index < -0.39 is 0 Å². The number of methoxy groups -OCH3 is 1. The predicted octanol–water partition coefficient (Wildman–Crippen LogP) is 2.22. The molecule has 0 saturated heterocycles. The van der Waals surface area contributed by atoms with E-state index >= 15 is 0 Å². The van der Waals surface area contributed by atoms with Crippen LogP contribution in [0.3, 0.4) is 0 Å². The highest BCUT2D eigenvalue weighted by Gasteiger charge is 2.30. The quantitative estimate of drug-likeness (QED) is 0.840. The van der Waals surface area contributed by atoms with E-state index in [-0.39, 0.29) is 18.4 Å². The average molecular weight is 329 g/mol. The van der Waals surface area contributed by atoms with Crippen LogP contribution >= 0.6 is 11.3 Å². The standard InChI is InChI=1S/C16H15N3O3S/c1-3-6-22-12-7-9(4-5-11(12)21-2)10-8-13(20)18-15-14(10)23-16(17)19-15/h1,4-5,7,10H,6,8H2,2H3,(H2,17,19)(H,18,20)/t10-/m1/s1. The van der Waals surface area contributed by atoms with Gasteiger partial charge in [-0.1, -0.05) is 23.3 Å². The molecule has 0 unspecified atom stereocenters. The monoisotopic (exact) mass is 329 g/mol. The molecule has 1 aromatic heterocycles. The Balaban J connectivity index is 2.01. The zero-order chi connectivity index (χ0) is 16.4. The molecule has 0 fully saturated rings. The van der Waals surface area contributed by atoms with Gasteiger partial charge in [0.25, 0.3) is 0 Å². The lowest BCUT2D eigenvalue weighted by Gasteiger charge is -2.22. The summed E-state index contributed by atoms with van der Waals surface area (Å²) in [6.07, 6.45) is 5.57. The largest absolute Gasteiger partial charge is 0.493 e. The second-order valence-corrected chi connectivity index (χ2v) is 6.04. The third-order valence-corrected chi connectivity index (χ3v) is 4.53. The first-order chi connectivity index (χ1) is 11.1.